The number of carboxylic acid groups (broad SMARTS) is 1. The van der Waals surface area contributed by atoms with E-state index in [1.807, 2.05) is 30.3 Å². The molecule has 114 valence electrons. The van der Waals surface area contributed by atoms with Crippen LogP contribution < -0.4 is 10.1 Å². The molecule has 22 heavy (non-hydrogen) atoms. The zero-order valence-corrected chi connectivity index (χ0v) is 12.2. The lowest BCUT2D eigenvalue weighted by Gasteiger charge is -2.15. The van der Waals surface area contributed by atoms with Crippen LogP contribution >= 0.6 is 0 Å². The highest BCUT2D eigenvalue weighted by Crippen LogP contribution is 2.12. The summed E-state index contributed by atoms with van der Waals surface area (Å²) in [7, 11) is 1.54. The van der Waals surface area contributed by atoms with Gasteiger partial charge in [0.25, 0.3) is 5.91 Å². The maximum atomic E-state index is 12.1. The van der Waals surface area contributed by atoms with E-state index in [2.05, 4.69) is 5.32 Å². The summed E-state index contributed by atoms with van der Waals surface area (Å²) >= 11 is 0. The molecule has 2 rings (SSSR count). The minimum absolute atomic E-state index is 0.234. The highest BCUT2D eigenvalue weighted by molar-refractivity contribution is 5.96. The molecule has 0 aliphatic carbocycles. The number of carbonyl (C=O) groups is 2. The molecule has 0 radical (unpaired) electrons. The summed E-state index contributed by atoms with van der Waals surface area (Å²) in [5.74, 6) is -0.854. The highest BCUT2D eigenvalue weighted by Gasteiger charge is 2.21. The second kappa shape index (κ2) is 7.26. The SMILES string of the molecule is COc1ccc(C(=O)N[C@H](Cc2ccccc2)C(=O)O)cc1. The molecule has 0 spiro atoms. The van der Waals surface area contributed by atoms with Crippen molar-refractivity contribution >= 4 is 11.9 Å². The molecule has 0 heterocycles. The van der Waals surface area contributed by atoms with E-state index in [1.54, 1.807) is 24.3 Å². The van der Waals surface area contributed by atoms with Gasteiger partial charge in [-0.2, -0.15) is 0 Å². The summed E-state index contributed by atoms with van der Waals surface area (Å²) < 4.78 is 5.02. The van der Waals surface area contributed by atoms with Gasteiger partial charge in [-0.1, -0.05) is 30.3 Å². The van der Waals surface area contributed by atoms with Crippen LogP contribution in [-0.4, -0.2) is 30.1 Å². The molecule has 0 aliphatic heterocycles. The van der Waals surface area contributed by atoms with Crippen LogP contribution in [0.4, 0.5) is 0 Å². The fourth-order valence-electron chi connectivity index (χ4n) is 2.03. The third-order valence-corrected chi connectivity index (χ3v) is 3.24. The van der Waals surface area contributed by atoms with Crippen molar-refractivity contribution in [3.8, 4) is 5.75 Å². The number of rotatable bonds is 6. The molecule has 5 nitrogen and oxygen atoms in total. The Bertz CT molecular complexity index is 637. The fourth-order valence-corrected chi connectivity index (χ4v) is 2.03. The molecular weight excluding hydrogens is 282 g/mol. The van der Waals surface area contributed by atoms with E-state index in [1.165, 1.54) is 7.11 Å². The second-order valence-electron chi connectivity index (χ2n) is 4.78. The van der Waals surface area contributed by atoms with Crippen LogP contribution in [0.25, 0.3) is 0 Å². The Balaban J connectivity index is 2.06. The van der Waals surface area contributed by atoms with Crippen LogP contribution in [-0.2, 0) is 11.2 Å². The van der Waals surface area contributed by atoms with E-state index in [-0.39, 0.29) is 6.42 Å². The first-order chi connectivity index (χ1) is 10.6. The van der Waals surface area contributed by atoms with E-state index >= 15 is 0 Å². The maximum absolute atomic E-state index is 12.1. The smallest absolute Gasteiger partial charge is 0.326 e. The Kier molecular flexibility index (Phi) is 5.14. The number of amides is 1. The Hall–Kier alpha value is -2.82. The maximum Gasteiger partial charge on any atom is 0.326 e. The molecule has 0 bridgehead atoms. The number of nitrogens with one attached hydrogen (secondary N) is 1. The van der Waals surface area contributed by atoms with Crippen molar-refractivity contribution in [2.45, 2.75) is 12.5 Å². The quantitative estimate of drug-likeness (QED) is 0.856. The van der Waals surface area contributed by atoms with Gasteiger partial charge >= 0.3 is 5.97 Å². The fraction of sp³-hybridized carbons (Fsp3) is 0.176. The van der Waals surface area contributed by atoms with Crippen LogP contribution in [0.15, 0.2) is 54.6 Å². The summed E-state index contributed by atoms with van der Waals surface area (Å²) in [5.41, 5.74) is 1.24. The molecule has 2 aromatic rings. The van der Waals surface area contributed by atoms with Gasteiger partial charge in [0.05, 0.1) is 7.11 Å². The van der Waals surface area contributed by atoms with E-state index < -0.39 is 17.9 Å². The van der Waals surface area contributed by atoms with Gasteiger partial charge in [-0.25, -0.2) is 4.79 Å². The predicted octanol–water partition coefficient (Wildman–Crippen LogP) is 2.12. The van der Waals surface area contributed by atoms with Gasteiger partial charge in [0.15, 0.2) is 0 Å². The van der Waals surface area contributed by atoms with Gasteiger partial charge in [-0.3, -0.25) is 4.79 Å². The highest BCUT2D eigenvalue weighted by atomic mass is 16.5. The van der Waals surface area contributed by atoms with Crippen LogP contribution in [0.1, 0.15) is 15.9 Å². The Morgan fingerprint density at radius 1 is 1.09 bits per heavy atom. The third-order valence-electron chi connectivity index (χ3n) is 3.24. The summed E-state index contributed by atoms with van der Waals surface area (Å²) in [5, 5.41) is 11.8. The molecule has 0 fully saturated rings. The number of methoxy groups -OCH3 is 1. The van der Waals surface area contributed by atoms with Crippen molar-refractivity contribution in [3.63, 3.8) is 0 Å². The number of carboxylic acids is 1. The minimum atomic E-state index is -1.06. The molecule has 2 aromatic carbocycles. The van der Waals surface area contributed by atoms with E-state index in [0.29, 0.717) is 11.3 Å². The molecule has 0 unspecified atom stereocenters. The molecular formula is C17H17NO4. The Labute approximate surface area is 128 Å². The van der Waals surface area contributed by atoms with Crippen LogP contribution in [0.2, 0.25) is 0 Å². The molecule has 5 heteroatoms. The molecule has 0 saturated heterocycles. The van der Waals surface area contributed by atoms with E-state index in [9.17, 15) is 14.7 Å². The molecule has 0 aromatic heterocycles. The van der Waals surface area contributed by atoms with Crippen molar-refractivity contribution in [1.82, 2.24) is 5.32 Å². The lowest BCUT2D eigenvalue weighted by molar-refractivity contribution is -0.139. The minimum Gasteiger partial charge on any atom is -0.497 e. The topological polar surface area (TPSA) is 75.6 Å². The summed E-state index contributed by atoms with van der Waals surface area (Å²) in [4.78, 5) is 23.5. The molecule has 2 N–H and O–H groups in total. The average Bonchev–Trinajstić information content (AvgIpc) is 2.55. The first kappa shape index (κ1) is 15.6. The van der Waals surface area contributed by atoms with Crippen LogP contribution in [0.3, 0.4) is 0 Å². The number of hydrogen-bond donors (Lipinski definition) is 2. The molecule has 0 aliphatic rings. The number of aliphatic carboxylic acids is 1. The van der Waals surface area contributed by atoms with Gasteiger partial charge in [0, 0.05) is 12.0 Å². The van der Waals surface area contributed by atoms with E-state index in [0.717, 1.165) is 5.56 Å². The zero-order valence-electron chi connectivity index (χ0n) is 12.2. The first-order valence-corrected chi connectivity index (χ1v) is 6.82. The zero-order chi connectivity index (χ0) is 15.9. The number of carbonyl (C=O) groups excluding carboxylic acids is 1. The van der Waals surface area contributed by atoms with Crippen molar-refractivity contribution < 1.29 is 19.4 Å². The van der Waals surface area contributed by atoms with Gasteiger partial charge in [0.1, 0.15) is 11.8 Å². The van der Waals surface area contributed by atoms with Crippen molar-refractivity contribution in [2.24, 2.45) is 0 Å². The van der Waals surface area contributed by atoms with Crippen molar-refractivity contribution in [1.29, 1.82) is 0 Å². The summed E-state index contributed by atoms with van der Waals surface area (Å²) in [6, 6.07) is 14.7. The molecule has 0 saturated carbocycles. The normalized spacial score (nSPS) is 11.5. The van der Waals surface area contributed by atoms with Crippen LogP contribution in [0.5, 0.6) is 5.75 Å². The number of benzene rings is 2. The molecule has 1 amide bonds. The number of hydrogen-bond acceptors (Lipinski definition) is 3. The van der Waals surface area contributed by atoms with Crippen molar-refractivity contribution in [3.05, 3.63) is 65.7 Å². The van der Waals surface area contributed by atoms with Gasteiger partial charge in [-0.05, 0) is 29.8 Å². The lowest BCUT2D eigenvalue weighted by atomic mass is 10.1. The first-order valence-electron chi connectivity index (χ1n) is 6.82. The van der Waals surface area contributed by atoms with Gasteiger partial charge in [0.2, 0.25) is 0 Å². The average molecular weight is 299 g/mol. The standard InChI is InChI=1S/C17H17NO4/c1-22-14-9-7-13(8-10-14)16(19)18-15(17(20)21)11-12-5-3-2-4-6-12/h2-10,15H,11H2,1H3,(H,18,19)(H,20,21)/t15-/m1/s1. The lowest BCUT2D eigenvalue weighted by Crippen LogP contribution is -2.42. The third kappa shape index (κ3) is 4.09. The van der Waals surface area contributed by atoms with Crippen molar-refractivity contribution in [2.75, 3.05) is 7.11 Å². The monoisotopic (exact) mass is 299 g/mol. The van der Waals surface area contributed by atoms with E-state index in [4.69, 9.17) is 4.74 Å². The second-order valence-corrected chi connectivity index (χ2v) is 4.78. The summed E-state index contributed by atoms with van der Waals surface area (Å²) in [6.07, 6.45) is 0.234. The van der Waals surface area contributed by atoms with Gasteiger partial charge < -0.3 is 15.2 Å². The Morgan fingerprint density at radius 2 is 1.73 bits per heavy atom. The largest absolute Gasteiger partial charge is 0.497 e. The summed E-state index contributed by atoms with van der Waals surface area (Å²) in [6.45, 7) is 0. The van der Waals surface area contributed by atoms with Gasteiger partial charge in [-0.15, -0.1) is 0 Å². The number of ether oxygens (including phenoxy) is 1. The molecule has 1 atom stereocenters. The van der Waals surface area contributed by atoms with Crippen LogP contribution in [0, 0.1) is 0 Å². The predicted molar refractivity (Wildman–Crippen MR) is 82.0 cm³/mol. The Morgan fingerprint density at radius 3 is 2.27 bits per heavy atom.